The van der Waals surface area contributed by atoms with Crippen LogP contribution in [0.15, 0.2) is 22.7 Å². The summed E-state index contributed by atoms with van der Waals surface area (Å²) < 4.78 is 24.3. The Labute approximate surface area is 124 Å². The highest BCUT2D eigenvalue weighted by Gasteiger charge is 2.16. The molecule has 0 aliphatic carbocycles. The van der Waals surface area contributed by atoms with Crippen LogP contribution in [0.2, 0.25) is 0 Å². The van der Waals surface area contributed by atoms with Gasteiger partial charge in [0.25, 0.3) is 0 Å². The second kappa shape index (κ2) is 5.75. The van der Waals surface area contributed by atoms with Gasteiger partial charge in [-0.15, -0.1) is 0 Å². The predicted octanol–water partition coefficient (Wildman–Crippen LogP) is 3.71. The third-order valence-electron chi connectivity index (χ3n) is 2.55. The molecular weight excluding hydrogens is 329 g/mol. The summed E-state index contributed by atoms with van der Waals surface area (Å²) in [6, 6.07) is 4.07. The van der Waals surface area contributed by atoms with E-state index in [4.69, 9.17) is 4.74 Å². The van der Waals surface area contributed by atoms with Crippen molar-refractivity contribution >= 4 is 32.8 Å². The number of aromatic nitrogens is 1. The summed E-state index contributed by atoms with van der Waals surface area (Å²) in [6.07, 6.45) is -0.117. The molecule has 0 bridgehead atoms. The third-order valence-corrected chi connectivity index (χ3v) is 3.16. The Morgan fingerprint density at radius 1 is 1.35 bits per heavy atom. The Bertz CT molecular complexity index is 673. The molecular formula is C14H13BrFNO3. The van der Waals surface area contributed by atoms with Crippen molar-refractivity contribution < 1.29 is 18.7 Å². The van der Waals surface area contributed by atoms with Gasteiger partial charge in [0.05, 0.1) is 18.7 Å². The molecule has 0 fully saturated rings. The first kappa shape index (κ1) is 14.7. The summed E-state index contributed by atoms with van der Waals surface area (Å²) in [4.78, 5) is 15.8. The van der Waals surface area contributed by atoms with E-state index in [-0.39, 0.29) is 11.8 Å². The average molecular weight is 342 g/mol. The second-order valence-corrected chi connectivity index (χ2v) is 5.30. The molecule has 20 heavy (non-hydrogen) atoms. The number of nitrogens with zero attached hydrogens (tertiary/aromatic N) is 1. The van der Waals surface area contributed by atoms with Gasteiger partial charge in [-0.3, -0.25) is 0 Å². The van der Waals surface area contributed by atoms with Gasteiger partial charge in [-0.25, -0.2) is 14.2 Å². The summed E-state index contributed by atoms with van der Waals surface area (Å²) in [6.45, 7) is 3.69. The van der Waals surface area contributed by atoms with Crippen molar-refractivity contribution in [2.24, 2.45) is 0 Å². The fourth-order valence-corrected chi connectivity index (χ4v) is 2.30. The minimum Gasteiger partial charge on any atom is -0.490 e. The monoisotopic (exact) mass is 341 g/mol. The molecule has 0 amide bonds. The number of esters is 1. The van der Waals surface area contributed by atoms with Crippen LogP contribution in [0, 0.1) is 5.82 Å². The summed E-state index contributed by atoms with van der Waals surface area (Å²) in [5, 5.41) is 0.498. The number of hydrogen-bond donors (Lipinski definition) is 0. The van der Waals surface area contributed by atoms with Crippen molar-refractivity contribution in [2.75, 3.05) is 7.11 Å². The van der Waals surface area contributed by atoms with Crippen LogP contribution in [0.4, 0.5) is 4.39 Å². The third kappa shape index (κ3) is 2.90. The molecule has 0 unspecified atom stereocenters. The van der Waals surface area contributed by atoms with Gasteiger partial charge in [0.2, 0.25) is 0 Å². The molecule has 0 N–H and O–H groups in total. The van der Waals surface area contributed by atoms with Crippen LogP contribution in [0.3, 0.4) is 0 Å². The van der Waals surface area contributed by atoms with Crippen LogP contribution in [0.5, 0.6) is 5.75 Å². The van der Waals surface area contributed by atoms with E-state index in [2.05, 4.69) is 25.7 Å². The van der Waals surface area contributed by atoms with Crippen molar-refractivity contribution in [3.05, 3.63) is 34.2 Å². The number of rotatable bonds is 3. The fraction of sp³-hybridized carbons (Fsp3) is 0.286. The van der Waals surface area contributed by atoms with E-state index < -0.39 is 11.8 Å². The zero-order valence-electron chi connectivity index (χ0n) is 11.2. The molecule has 2 aromatic rings. The molecule has 6 heteroatoms. The second-order valence-electron chi connectivity index (χ2n) is 4.45. The zero-order valence-corrected chi connectivity index (χ0v) is 12.8. The first-order chi connectivity index (χ1) is 9.42. The Balaban J connectivity index is 2.74. The van der Waals surface area contributed by atoms with Crippen molar-refractivity contribution in [3.63, 3.8) is 0 Å². The topological polar surface area (TPSA) is 48.4 Å². The van der Waals surface area contributed by atoms with Gasteiger partial charge in [-0.1, -0.05) is 0 Å². The van der Waals surface area contributed by atoms with Crippen molar-refractivity contribution in [2.45, 2.75) is 20.0 Å². The van der Waals surface area contributed by atoms with E-state index in [0.717, 1.165) is 0 Å². The largest absolute Gasteiger partial charge is 0.490 e. The van der Waals surface area contributed by atoms with E-state index in [1.807, 2.05) is 13.8 Å². The highest BCUT2D eigenvalue weighted by molar-refractivity contribution is 9.10. The first-order valence-corrected chi connectivity index (χ1v) is 6.76. The quantitative estimate of drug-likeness (QED) is 0.798. The first-order valence-electron chi connectivity index (χ1n) is 5.97. The van der Waals surface area contributed by atoms with Crippen LogP contribution >= 0.6 is 15.9 Å². The van der Waals surface area contributed by atoms with Crippen molar-refractivity contribution in [1.82, 2.24) is 4.98 Å². The lowest BCUT2D eigenvalue weighted by atomic mass is 10.1. The molecule has 0 radical (unpaired) electrons. The Morgan fingerprint density at radius 2 is 2.05 bits per heavy atom. The summed E-state index contributed by atoms with van der Waals surface area (Å²) >= 11 is 3.24. The number of benzene rings is 1. The van der Waals surface area contributed by atoms with Crippen molar-refractivity contribution in [1.29, 1.82) is 0 Å². The summed E-state index contributed by atoms with van der Waals surface area (Å²) in [5.74, 6) is -0.590. The molecule has 0 aliphatic rings. The van der Waals surface area contributed by atoms with E-state index in [1.165, 1.54) is 25.3 Å². The minimum atomic E-state index is -0.572. The number of fused-ring (bicyclic) bond motifs is 1. The number of ether oxygens (including phenoxy) is 2. The van der Waals surface area contributed by atoms with E-state index in [9.17, 15) is 9.18 Å². The molecule has 0 saturated heterocycles. The standard InChI is InChI=1S/C14H13BrFNO3/c1-7(2)20-12-6-11(14(18)19-3)17-13-9(12)4-8(16)5-10(13)15/h4-7H,1-3H3. The summed E-state index contributed by atoms with van der Waals surface area (Å²) in [7, 11) is 1.27. The highest BCUT2D eigenvalue weighted by Crippen LogP contribution is 2.32. The van der Waals surface area contributed by atoms with E-state index in [0.29, 0.717) is 21.1 Å². The number of carbonyl (C=O) groups excluding carboxylic acids is 1. The van der Waals surface area contributed by atoms with Crippen LogP contribution in [-0.2, 0) is 4.74 Å². The SMILES string of the molecule is COC(=O)c1cc(OC(C)C)c2cc(F)cc(Br)c2n1. The van der Waals surface area contributed by atoms with Gasteiger partial charge < -0.3 is 9.47 Å². The lowest BCUT2D eigenvalue weighted by molar-refractivity contribution is 0.0593. The van der Waals surface area contributed by atoms with Crippen LogP contribution in [0.25, 0.3) is 10.9 Å². The zero-order chi connectivity index (χ0) is 14.9. The lowest BCUT2D eigenvalue weighted by Gasteiger charge is -2.14. The molecule has 0 atom stereocenters. The van der Waals surface area contributed by atoms with Gasteiger partial charge >= 0.3 is 5.97 Å². The Morgan fingerprint density at radius 3 is 2.65 bits per heavy atom. The molecule has 4 nitrogen and oxygen atoms in total. The normalized spacial score (nSPS) is 10.9. The van der Waals surface area contributed by atoms with Crippen molar-refractivity contribution in [3.8, 4) is 5.75 Å². The van der Waals surface area contributed by atoms with Crippen LogP contribution in [0.1, 0.15) is 24.3 Å². The molecule has 0 spiro atoms. The molecule has 1 aromatic heterocycles. The lowest BCUT2D eigenvalue weighted by Crippen LogP contribution is -2.10. The molecule has 1 aromatic carbocycles. The smallest absolute Gasteiger partial charge is 0.356 e. The maximum atomic E-state index is 13.5. The summed E-state index contributed by atoms with van der Waals surface area (Å²) in [5.41, 5.74) is 0.563. The Hall–Kier alpha value is -1.69. The van der Waals surface area contributed by atoms with Gasteiger partial charge in [0.15, 0.2) is 5.69 Å². The van der Waals surface area contributed by atoms with Gasteiger partial charge in [-0.2, -0.15) is 0 Å². The van der Waals surface area contributed by atoms with E-state index >= 15 is 0 Å². The number of pyridine rings is 1. The maximum absolute atomic E-state index is 13.5. The minimum absolute atomic E-state index is 0.114. The Kier molecular flexibility index (Phi) is 4.23. The molecule has 0 saturated carbocycles. The average Bonchev–Trinajstić information content (AvgIpc) is 2.37. The number of carbonyl (C=O) groups is 1. The predicted molar refractivity (Wildman–Crippen MR) is 76.5 cm³/mol. The number of hydrogen-bond acceptors (Lipinski definition) is 4. The highest BCUT2D eigenvalue weighted by atomic mass is 79.9. The molecule has 0 aliphatic heterocycles. The van der Waals surface area contributed by atoms with Gasteiger partial charge in [-0.05, 0) is 41.9 Å². The number of methoxy groups -OCH3 is 1. The van der Waals surface area contributed by atoms with Gasteiger partial charge in [0.1, 0.15) is 11.6 Å². The van der Waals surface area contributed by atoms with E-state index in [1.54, 1.807) is 0 Å². The molecule has 1 heterocycles. The molecule has 2 rings (SSSR count). The van der Waals surface area contributed by atoms with Crippen LogP contribution in [-0.4, -0.2) is 24.2 Å². The fourth-order valence-electron chi connectivity index (χ4n) is 1.78. The van der Waals surface area contributed by atoms with Gasteiger partial charge in [0, 0.05) is 15.9 Å². The molecule has 106 valence electrons. The maximum Gasteiger partial charge on any atom is 0.356 e. The number of halogens is 2. The van der Waals surface area contributed by atoms with Crippen LogP contribution < -0.4 is 4.74 Å².